The van der Waals surface area contributed by atoms with Gasteiger partial charge in [0.15, 0.2) is 0 Å². The number of carbonyl (C=O) groups is 1. The molecule has 1 saturated heterocycles. The van der Waals surface area contributed by atoms with Crippen molar-refractivity contribution in [2.24, 2.45) is 5.73 Å². The molecule has 1 aliphatic rings. The molecule has 1 heterocycles. The number of amides is 1. The van der Waals surface area contributed by atoms with Crippen LogP contribution >= 0.6 is 0 Å². The minimum absolute atomic E-state index is 1.25. The first kappa shape index (κ1) is 12.2. The van der Waals surface area contributed by atoms with Gasteiger partial charge in [-0.2, -0.15) is 13.2 Å². The lowest BCUT2D eigenvalue weighted by Gasteiger charge is -2.08. The summed E-state index contributed by atoms with van der Waals surface area (Å²) in [6, 6.07) is 0. The lowest BCUT2D eigenvalue weighted by atomic mass is 10.2. The molecule has 0 saturated carbocycles. The van der Waals surface area contributed by atoms with Crippen LogP contribution in [0.4, 0.5) is 13.2 Å². The second-order valence-corrected chi connectivity index (χ2v) is 2.67. The zero-order chi connectivity index (χ0) is 10.3. The Hall–Kier alpha value is -0.780. The van der Waals surface area contributed by atoms with E-state index in [9.17, 15) is 13.2 Å². The molecule has 78 valence electrons. The van der Waals surface area contributed by atoms with Crippen LogP contribution < -0.4 is 11.1 Å². The van der Waals surface area contributed by atoms with Gasteiger partial charge in [-0.1, -0.05) is 6.42 Å². The van der Waals surface area contributed by atoms with Crippen molar-refractivity contribution in [1.29, 1.82) is 0 Å². The first-order chi connectivity index (χ1) is 5.94. The van der Waals surface area contributed by atoms with E-state index in [0.29, 0.717) is 0 Å². The molecule has 1 fully saturated rings. The van der Waals surface area contributed by atoms with E-state index < -0.39 is 12.1 Å². The molecule has 0 aliphatic carbocycles. The maximum Gasteiger partial charge on any atom is 0.470 e. The summed E-state index contributed by atoms with van der Waals surface area (Å²) in [5, 5.41) is 3.28. The molecule has 0 aromatic heterocycles. The predicted molar refractivity (Wildman–Crippen MR) is 42.0 cm³/mol. The van der Waals surface area contributed by atoms with Gasteiger partial charge >= 0.3 is 12.1 Å². The average molecular weight is 198 g/mol. The molecule has 0 bridgehead atoms. The van der Waals surface area contributed by atoms with E-state index in [-0.39, 0.29) is 0 Å². The summed E-state index contributed by atoms with van der Waals surface area (Å²) >= 11 is 0. The fourth-order valence-corrected chi connectivity index (χ4v) is 0.802. The smallest absolute Gasteiger partial charge is 0.362 e. The monoisotopic (exact) mass is 198 g/mol. The van der Waals surface area contributed by atoms with Gasteiger partial charge in [0.05, 0.1) is 0 Å². The van der Waals surface area contributed by atoms with E-state index in [1.54, 1.807) is 0 Å². The number of carbonyl (C=O) groups excluding carboxylic acids is 1. The van der Waals surface area contributed by atoms with Crippen molar-refractivity contribution in [3.63, 3.8) is 0 Å². The van der Waals surface area contributed by atoms with E-state index in [1.165, 1.54) is 32.4 Å². The Morgan fingerprint density at radius 1 is 1.15 bits per heavy atom. The van der Waals surface area contributed by atoms with Crippen molar-refractivity contribution >= 4 is 5.91 Å². The van der Waals surface area contributed by atoms with E-state index in [0.717, 1.165) is 0 Å². The Labute approximate surface area is 74.5 Å². The minimum atomic E-state index is -4.86. The summed E-state index contributed by atoms with van der Waals surface area (Å²) in [7, 11) is 0. The Morgan fingerprint density at radius 3 is 1.62 bits per heavy atom. The molecule has 0 spiro atoms. The number of primary amides is 1. The van der Waals surface area contributed by atoms with Gasteiger partial charge in [0.1, 0.15) is 0 Å². The first-order valence-corrected chi connectivity index (χ1v) is 4.02. The fourth-order valence-electron chi connectivity index (χ4n) is 0.802. The van der Waals surface area contributed by atoms with Gasteiger partial charge in [0.2, 0.25) is 0 Å². The van der Waals surface area contributed by atoms with Crippen molar-refractivity contribution in [1.82, 2.24) is 5.32 Å². The molecule has 0 atom stereocenters. The molecule has 1 rings (SSSR count). The highest BCUT2D eigenvalue weighted by Gasteiger charge is 2.35. The Morgan fingerprint density at radius 2 is 1.54 bits per heavy atom. The quantitative estimate of drug-likeness (QED) is 0.604. The van der Waals surface area contributed by atoms with Gasteiger partial charge in [-0.15, -0.1) is 0 Å². The van der Waals surface area contributed by atoms with Gasteiger partial charge in [-0.05, 0) is 25.9 Å². The van der Waals surface area contributed by atoms with Crippen LogP contribution in [0.5, 0.6) is 0 Å². The van der Waals surface area contributed by atoms with Crippen molar-refractivity contribution < 1.29 is 18.0 Å². The highest BCUT2D eigenvalue weighted by Crippen LogP contribution is 2.11. The normalized spacial score (nSPS) is 17.2. The second-order valence-electron chi connectivity index (χ2n) is 2.67. The third kappa shape index (κ3) is 7.58. The topological polar surface area (TPSA) is 55.1 Å². The van der Waals surface area contributed by atoms with Gasteiger partial charge in [0.25, 0.3) is 0 Å². The second kappa shape index (κ2) is 5.80. The van der Waals surface area contributed by atoms with Crippen LogP contribution in [0, 0.1) is 0 Å². The number of nitrogens with one attached hydrogen (secondary N) is 1. The molecule has 0 unspecified atom stereocenters. The van der Waals surface area contributed by atoms with Crippen molar-refractivity contribution in [2.45, 2.75) is 25.4 Å². The van der Waals surface area contributed by atoms with Crippen LogP contribution in [-0.2, 0) is 4.79 Å². The summed E-state index contributed by atoms with van der Waals surface area (Å²) < 4.78 is 32.1. The summed E-state index contributed by atoms with van der Waals surface area (Å²) in [4.78, 5) is 9.12. The van der Waals surface area contributed by atoms with Gasteiger partial charge < -0.3 is 11.1 Å². The number of hydrogen-bond acceptors (Lipinski definition) is 2. The standard InChI is InChI=1S/C5H11N.C2H2F3NO/c1-2-4-6-5-3-1;3-2(4,5)1(6)7/h6H,1-5H2;(H2,6,7). The third-order valence-corrected chi connectivity index (χ3v) is 1.49. The zero-order valence-electron chi connectivity index (χ0n) is 7.16. The minimum Gasteiger partial charge on any atom is -0.362 e. The number of rotatable bonds is 0. The largest absolute Gasteiger partial charge is 0.470 e. The average Bonchev–Trinajstić information content (AvgIpc) is 2.07. The third-order valence-electron chi connectivity index (χ3n) is 1.49. The maximum atomic E-state index is 10.7. The Kier molecular flexibility index (Phi) is 5.45. The van der Waals surface area contributed by atoms with Crippen LogP contribution in [0.25, 0.3) is 0 Å². The van der Waals surface area contributed by atoms with Gasteiger partial charge in [-0.25, -0.2) is 0 Å². The number of halogens is 3. The summed E-state index contributed by atoms with van der Waals surface area (Å²) in [6.07, 6.45) is -0.646. The summed E-state index contributed by atoms with van der Waals surface area (Å²) in [5.74, 6) is -2.26. The SMILES string of the molecule is C1CCNCC1.NC(=O)C(F)(F)F. The van der Waals surface area contributed by atoms with Crippen LogP contribution in [0.15, 0.2) is 0 Å². The number of alkyl halides is 3. The van der Waals surface area contributed by atoms with E-state index >= 15 is 0 Å². The highest BCUT2D eigenvalue weighted by atomic mass is 19.4. The van der Waals surface area contributed by atoms with Gasteiger partial charge in [-0.3, -0.25) is 4.79 Å². The van der Waals surface area contributed by atoms with Crippen molar-refractivity contribution in [3.05, 3.63) is 0 Å². The van der Waals surface area contributed by atoms with Crippen LogP contribution in [0.3, 0.4) is 0 Å². The molecule has 13 heavy (non-hydrogen) atoms. The summed E-state index contributed by atoms with van der Waals surface area (Å²) in [5.41, 5.74) is 3.81. The maximum absolute atomic E-state index is 10.7. The fraction of sp³-hybridized carbons (Fsp3) is 0.857. The van der Waals surface area contributed by atoms with E-state index in [2.05, 4.69) is 11.1 Å². The molecule has 6 heteroatoms. The molecule has 3 nitrogen and oxygen atoms in total. The van der Waals surface area contributed by atoms with Crippen molar-refractivity contribution in [3.8, 4) is 0 Å². The van der Waals surface area contributed by atoms with Crippen LogP contribution in [-0.4, -0.2) is 25.2 Å². The van der Waals surface area contributed by atoms with E-state index in [4.69, 9.17) is 4.79 Å². The molecule has 0 aromatic carbocycles. The molecular weight excluding hydrogens is 185 g/mol. The van der Waals surface area contributed by atoms with Crippen LogP contribution in [0.2, 0.25) is 0 Å². The number of hydrogen-bond donors (Lipinski definition) is 2. The van der Waals surface area contributed by atoms with E-state index in [1.807, 2.05) is 0 Å². The Balaban J connectivity index is 0.000000223. The summed E-state index contributed by atoms with van der Waals surface area (Å²) in [6.45, 7) is 2.50. The molecule has 1 aliphatic heterocycles. The number of nitrogens with two attached hydrogens (primary N) is 1. The zero-order valence-corrected chi connectivity index (χ0v) is 7.16. The molecule has 0 radical (unpaired) electrons. The predicted octanol–water partition coefficient (Wildman–Crippen LogP) is 0.794. The molecular formula is C7H13F3N2O. The molecule has 1 amide bonds. The molecule has 3 N–H and O–H groups in total. The lowest BCUT2D eigenvalue weighted by molar-refractivity contribution is -0.169. The lowest BCUT2D eigenvalue weighted by Crippen LogP contribution is -2.30. The molecule has 0 aromatic rings. The highest BCUT2D eigenvalue weighted by molar-refractivity contribution is 5.79. The van der Waals surface area contributed by atoms with Crippen LogP contribution in [0.1, 0.15) is 19.3 Å². The van der Waals surface area contributed by atoms with Crippen molar-refractivity contribution in [2.75, 3.05) is 13.1 Å². The number of piperidine rings is 1. The van der Waals surface area contributed by atoms with Gasteiger partial charge in [0, 0.05) is 0 Å². The first-order valence-electron chi connectivity index (χ1n) is 4.02. The Bertz CT molecular complexity index is 143.